The average Bonchev–Trinajstić information content (AvgIpc) is 2.62. The van der Waals surface area contributed by atoms with Crippen molar-refractivity contribution in [3.05, 3.63) is 47.7 Å². The van der Waals surface area contributed by atoms with Crippen LogP contribution in [0.3, 0.4) is 0 Å². The van der Waals surface area contributed by atoms with Crippen LogP contribution in [-0.4, -0.2) is 24.3 Å². The molecule has 3 amide bonds. The third-order valence-corrected chi connectivity index (χ3v) is 3.98. The van der Waals surface area contributed by atoms with E-state index < -0.39 is 5.91 Å². The predicted molar refractivity (Wildman–Crippen MR) is 102 cm³/mol. The van der Waals surface area contributed by atoms with E-state index in [1.54, 1.807) is 6.08 Å². The van der Waals surface area contributed by atoms with Crippen LogP contribution in [-0.2, 0) is 14.4 Å². The Kier molecular flexibility index (Phi) is 9.75. The second kappa shape index (κ2) is 11.8. The molecule has 6 nitrogen and oxygen atoms in total. The highest BCUT2D eigenvalue weighted by Crippen LogP contribution is 2.19. The Labute approximate surface area is 155 Å². The number of hydrogen-bond acceptors (Lipinski definition) is 3. The summed E-state index contributed by atoms with van der Waals surface area (Å²) in [5.41, 5.74) is 6.38. The Balaban J connectivity index is 2.59. The maximum absolute atomic E-state index is 12.5. The highest BCUT2D eigenvalue weighted by Gasteiger charge is 2.20. The highest BCUT2D eigenvalue weighted by molar-refractivity contribution is 5.97. The normalized spacial score (nSPS) is 12.3. The summed E-state index contributed by atoms with van der Waals surface area (Å²) in [5.74, 6) is -1.24. The van der Waals surface area contributed by atoms with Gasteiger partial charge in [-0.3, -0.25) is 14.4 Å². The van der Waals surface area contributed by atoms with Gasteiger partial charge in [-0.2, -0.15) is 0 Å². The van der Waals surface area contributed by atoms with Crippen LogP contribution in [0.15, 0.2) is 42.1 Å². The molecule has 0 fully saturated rings. The van der Waals surface area contributed by atoms with Crippen molar-refractivity contribution in [2.24, 2.45) is 5.73 Å². The van der Waals surface area contributed by atoms with E-state index in [9.17, 15) is 14.4 Å². The molecule has 1 unspecified atom stereocenters. The minimum atomic E-state index is -0.670. The Hall–Kier alpha value is -2.63. The summed E-state index contributed by atoms with van der Waals surface area (Å²) in [7, 11) is 0. The summed E-state index contributed by atoms with van der Waals surface area (Å²) >= 11 is 0. The third-order valence-electron chi connectivity index (χ3n) is 3.98. The molecule has 0 heterocycles. The van der Waals surface area contributed by atoms with Gasteiger partial charge in [0.05, 0.1) is 5.92 Å². The minimum Gasteiger partial charge on any atom is -0.364 e. The van der Waals surface area contributed by atoms with E-state index in [1.807, 2.05) is 44.2 Å². The summed E-state index contributed by atoms with van der Waals surface area (Å²) in [6.07, 6.45) is 4.75. The molecule has 1 aromatic carbocycles. The van der Waals surface area contributed by atoms with E-state index in [4.69, 9.17) is 5.73 Å². The van der Waals surface area contributed by atoms with E-state index in [0.717, 1.165) is 12.0 Å². The quantitative estimate of drug-likeness (QED) is 0.417. The van der Waals surface area contributed by atoms with Crippen LogP contribution in [0.25, 0.3) is 0 Å². The zero-order chi connectivity index (χ0) is 19.4. The molecule has 4 N–H and O–H groups in total. The molecule has 0 spiro atoms. The van der Waals surface area contributed by atoms with Crippen molar-refractivity contribution in [2.75, 3.05) is 6.54 Å². The molecular weight excluding hydrogens is 330 g/mol. The van der Waals surface area contributed by atoms with E-state index >= 15 is 0 Å². The molecule has 1 rings (SSSR count). The summed E-state index contributed by atoms with van der Waals surface area (Å²) in [6, 6.07) is 9.43. The van der Waals surface area contributed by atoms with Crippen molar-refractivity contribution in [3.63, 3.8) is 0 Å². The molecular formula is C20H29N3O3. The zero-order valence-corrected chi connectivity index (χ0v) is 15.6. The second-order valence-electron chi connectivity index (χ2n) is 6.09. The number of nitrogens with two attached hydrogens (primary N) is 1. The minimum absolute atomic E-state index is 0.0218. The van der Waals surface area contributed by atoms with Gasteiger partial charge in [0.25, 0.3) is 5.91 Å². The number of nitrogens with one attached hydrogen (secondary N) is 2. The van der Waals surface area contributed by atoms with Gasteiger partial charge in [0.15, 0.2) is 0 Å². The van der Waals surface area contributed by atoms with Crippen LogP contribution < -0.4 is 16.4 Å². The lowest BCUT2D eigenvalue weighted by Crippen LogP contribution is -2.34. The lowest BCUT2D eigenvalue weighted by atomic mass is 9.95. The van der Waals surface area contributed by atoms with Crippen molar-refractivity contribution >= 4 is 17.7 Å². The van der Waals surface area contributed by atoms with Crippen molar-refractivity contribution in [2.45, 2.75) is 51.9 Å². The van der Waals surface area contributed by atoms with Gasteiger partial charge in [0.2, 0.25) is 11.8 Å². The molecule has 0 aliphatic heterocycles. The molecule has 6 heteroatoms. The first-order chi connectivity index (χ1) is 12.5. The lowest BCUT2D eigenvalue weighted by Gasteiger charge is -2.16. The average molecular weight is 359 g/mol. The van der Waals surface area contributed by atoms with Crippen molar-refractivity contribution in [1.29, 1.82) is 0 Å². The number of rotatable bonds is 11. The summed E-state index contributed by atoms with van der Waals surface area (Å²) in [6.45, 7) is 4.39. The summed E-state index contributed by atoms with van der Waals surface area (Å²) in [5, 5.41) is 5.45. The predicted octanol–water partition coefficient (Wildman–Crippen LogP) is 2.36. The Morgan fingerprint density at radius 1 is 1.15 bits per heavy atom. The SMILES string of the molecule is CCCC(=O)NCCCC=C(NC(=O)C(CC)c1ccccc1)C(N)=O. The van der Waals surface area contributed by atoms with Crippen LogP contribution in [0.2, 0.25) is 0 Å². The molecule has 26 heavy (non-hydrogen) atoms. The molecule has 0 aliphatic rings. The molecule has 1 atom stereocenters. The van der Waals surface area contributed by atoms with E-state index in [-0.39, 0.29) is 23.4 Å². The van der Waals surface area contributed by atoms with Gasteiger partial charge in [-0.05, 0) is 31.2 Å². The van der Waals surface area contributed by atoms with Gasteiger partial charge in [-0.15, -0.1) is 0 Å². The zero-order valence-electron chi connectivity index (χ0n) is 15.6. The second-order valence-corrected chi connectivity index (χ2v) is 6.09. The molecule has 142 valence electrons. The van der Waals surface area contributed by atoms with Gasteiger partial charge < -0.3 is 16.4 Å². The first-order valence-corrected chi connectivity index (χ1v) is 9.12. The largest absolute Gasteiger partial charge is 0.364 e. The maximum atomic E-state index is 12.5. The van der Waals surface area contributed by atoms with Gasteiger partial charge in [0.1, 0.15) is 5.70 Å². The number of carbonyl (C=O) groups is 3. The molecule has 0 radical (unpaired) electrons. The van der Waals surface area contributed by atoms with Crippen molar-refractivity contribution < 1.29 is 14.4 Å². The smallest absolute Gasteiger partial charge is 0.264 e. The van der Waals surface area contributed by atoms with Gasteiger partial charge >= 0.3 is 0 Å². The van der Waals surface area contributed by atoms with Gasteiger partial charge in [-0.1, -0.05) is 50.3 Å². The number of amides is 3. The topological polar surface area (TPSA) is 101 Å². The molecule has 0 saturated heterocycles. The van der Waals surface area contributed by atoms with E-state index in [2.05, 4.69) is 10.6 Å². The third kappa shape index (κ3) is 7.51. The van der Waals surface area contributed by atoms with Crippen molar-refractivity contribution in [3.8, 4) is 0 Å². The molecule has 0 saturated carbocycles. The first-order valence-electron chi connectivity index (χ1n) is 9.12. The van der Waals surface area contributed by atoms with E-state index in [0.29, 0.717) is 32.2 Å². The fourth-order valence-corrected chi connectivity index (χ4v) is 2.58. The van der Waals surface area contributed by atoms with E-state index in [1.165, 1.54) is 0 Å². The van der Waals surface area contributed by atoms with Gasteiger partial charge in [0, 0.05) is 13.0 Å². The number of unbranched alkanes of at least 4 members (excludes halogenated alkanes) is 1. The Morgan fingerprint density at radius 2 is 1.85 bits per heavy atom. The van der Waals surface area contributed by atoms with Crippen LogP contribution in [0.5, 0.6) is 0 Å². The van der Waals surface area contributed by atoms with Crippen LogP contribution in [0.1, 0.15) is 57.4 Å². The fourth-order valence-electron chi connectivity index (χ4n) is 2.58. The first kappa shape index (κ1) is 21.4. The molecule has 1 aromatic rings. The highest BCUT2D eigenvalue weighted by atomic mass is 16.2. The summed E-state index contributed by atoms with van der Waals surface area (Å²) < 4.78 is 0. The molecule has 0 aromatic heterocycles. The number of primary amides is 1. The maximum Gasteiger partial charge on any atom is 0.264 e. The standard InChI is InChI=1S/C20H29N3O3/c1-3-10-18(24)22-14-9-8-13-17(19(21)25)23-20(26)16(4-2)15-11-6-5-7-12-15/h5-7,11-13,16H,3-4,8-10,14H2,1-2H3,(H2,21,25)(H,22,24)(H,23,26). The monoisotopic (exact) mass is 359 g/mol. The lowest BCUT2D eigenvalue weighted by molar-refractivity contribution is -0.124. The Morgan fingerprint density at radius 3 is 2.42 bits per heavy atom. The van der Waals surface area contributed by atoms with Crippen LogP contribution >= 0.6 is 0 Å². The van der Waals surface area contributed by atoms with Crippen LogP contribution in [0, 0.1) is 0 Å². The number of allylic oxidation sites excluding steroid dienone is 1. The number of hydrogen-bond donors (Lipinski definition) is 3. The summed E-state index contributed by atoms with van der Waals surface area (Å²) in [4.78, 5) is 35.5. The molecule has 0 bridgehead atoms. The van der Waals surface area contributed by atoms with Crippen LogP contribution in [0.4, 0.5) is 0 Å². The molecule has 0 aliphatic carbocycles. The van der Waals surface area contributed by atoms with Crippen molar-refractivity contribution in [1.82, 2.24) is 10.6 Å². The van der Waals surface area contributed by atoms with Gasteiger partial charge in [-0.25, -0.2) is 0 Å². The Bertz CT molecular complexity index is 626. The fraction of sp³-hybridized carbons (Fsp3) is 0.450. The number of benzene rings is 1. The number of carbonyl (C=O) groups excluding carboxylic acids is 3.